The van der Waals surface area contributed by atoms with Gasteiger partial charge >= 0.3 is 0 Å². The van der Waals surface area contributed by atoms with Gasteiger partial charge in [-0.25, -0.2) is 0 Å². The molecule has 0 heterocycles. The summed E-state index contributed by atoms with van der Waals surface area (Å²) in [7, 11) is 0. The topological polar surface area (TPSA) is 53.5 Å². The van der Waals surface area contributed by atoms with Crippen LogP contribution in [0.2, 0.25) is 5.02 Å². The lowest BCUT2D eigenvalue weighted by molar-refractivity contribution is 0.191. The number of ether oxygens (including phenoxy) is 1. The predicted octanol–water partition coefficient (Wildman–Crippen LogP) is 3.82. The van der Waals surface area contributed by atoms with E-state index in [1.807, 2.05) is 36.4 Å². The second-order valence-corrected chi connectivity index (χ2v) is 6.16. The summed E-state index contributed by atoms with van der Waals surface area (Å²) in [6.07, 6.45) is -0.302. The van der Waals surface area contributed by atoms with Crippen LogP contribution in [0, 0.1) is 0 Å². The van der Waals surface area contributed by atoms with Crippen LogP contribution in [0.5, 0.6) is 5.75 Å². The van der Waals surface area contributed by atoms with E-state index in [0.717, 1.165) is 36.0 Å². The lowest BCUT2D eigenvalue weighted by Gasteiger charge is -2.10. The maximum absolute atomic E-state index is 9.14. The molecule has 0 bridgehead atoms. The zero-order valence-corrected chi connectivity index (χ0v) is 17.2. The average molecular weight is 422 g/mol. The molecule has 4 nitrogen and oxygen atoms in total. The third kappa shape index (κ3) is 9.62. The molecule has 2 rings (SSSR count). The molecule has 0 spiro atoms. The van der Waals surface area contributed by atoms with Gasteiger partial charge in [-0.1, -0.05) is 41.9 Å². The Morgan fingerprint density at radius 3 is 2.31 bits per heavy atom. The number of hydrogen-bond acceptors (Lipinski definition) is 4. The van der Waals surface area contributed by atoms with Gasteiger partial charge < -0.3 is 20.5 Å². The van der Waals surface area contributed by atoms with Crippen molar-refractivity contribution in [2.24, 2.45) is 0 Å². The van der Waals surface area contributed by atoms with Crippen molar-refractivity contribution in [3.05, 3.63) is 64.7 Å². The molecule has 0 aliphatic carbocycles. The Balaban J connectivity index is 0.00000312. The fraction of sp³-hybridized carbons (Fsp3) is 0.368. The van der Waals surface area contributed by atoms with Gasteiger partial charge in [-0.3, -0.25) is 0 Å². The Morgan fingerprint density at radius 2 is 1.65 bits per heavy atom. The number of halogens is 3. The first-order valence-corrected chi connectivity index (χ1v) is 8.57. The zero-order valence-electron chi connectivity index (χ0n) is 14.8. The Labute approximate surface area is 173 Å². The summed E-state index contributed by atoms with van der Waals surface area (Å²) in [6.45, 7) is 5.36. The Bertz CT molecular complexity index is 610. The number of aliphatic hydroxyl groups excluding tert-OH is 1. The summed E-state index contributed by atoms with van der Waals surface area (Å²) in [5.41, 5.74) is 2.19. The van der Waals surface area contributed by atoms with Gasteiger partial charge in [-0.2, -0.15) is 0 Å². The standard InChI is InChI=1S/C19H25ClN2O2.2ClH/c1-15(23)12-21-10-11-22-13-16-6-8-18(9-7-16)24-14-17-4-2-3-5-19(17)20;;/h2-9,15,21-23H,10-14H2,1H3;2*1H. The molecule has 1 atom stereocenters. The zero-order chi connectivity index (χ0) is 17.2. The van der Waals surface area contributed by atoms with Crippen LogP contribution in [0.15, 0.2) is 48.5 Å². The highest BCUT2D eigenvalue weighted by Gasteiger charge is 2.01. The normalized spacial score (nSPS) is 11.2. The summed E-state index contributed by atoms with van der Waals surface area (Å²) in [5, 5.41) is 16.4. The van der Waals surface area contributed by atoms with Crippen molar-refractivity contribution >= 4 is 36.4 Å². The Hall–Kier alpha value is -1.01. The number of rotatable bonds is 10. The van der Waals surface area contributed by atoms with E-state index in [1.165, 1.54) is 5.56 Å². The van der Waals surface area contributed by atoms with Crippen molar-refractivity contribution in [3.8, 4) is 5.75 Å². The molecule has 0 aromatic heterocycles. The molecule has 3 N–H and O–H groups in total. The lowest BCUT2D eigenvalue weighted by atomic mass is 10.2. The highest BCUT2D eigenvalue weighted by Crippen LogP contribution is 2.18. The maximum atomic E-state index is 9.14. The van der Waals surface area contributed by atoms with Gasteiger partial charge in [0, 0.05) is 36.8 Å². The Morgan fingerprint density at radius 1 is 1.00 bits per heavy atom. The van der Waals surface area contributed by atoms with Crippen LogP contribution in [0.1, 0.15) is 18.1 Å². The first-order valence-electron chi connectivity index (χ1n) is 8.20. The van der Waals surface area contributed by atoms with Gasteiger partial charge in [0.15, 0.2) is 0 Å². The third-order valence-corrected chi connectivity index (χ3v) is 3.89. The van der Waals surface area contributed by atoms with Gasteiger partial charge in [0.25, 0.3) is 0 Å². The van der Waals surface area contributed by atoms with E-state index in [4.69, 9.17) is 21.4 Å². The van der Waals surface area contributed by atoms with Gasteiger partial charge in [-0.05, 0) is 30.7 Å². The van der Waals surface area contributed by atoms with Crippen LogP contribution in [-0.2, 0) is 13.2 Å². The number of nitrogens with one attached hydrogen (secondary N) is 2. The highest BCUT2D eigenvalue weighted by atomic mass is 35.5. The van der Waals surface area contributed by atoms with Crippen LogP contribution in [0.4, 0.5) is 0 Å². The molecular weight excluding hydrogens is 395 g/mol. The van der Waals surface area contributed by atoms with Crippen LogP contribution in [0.25, 0.3) is 0 Å². The van der Waals surface area contributed by atoms with E-state index >= 15 is 0 Å². The third-order valence-electron chi connectivity index (χ3n) is 3.52. The molecule has 0 fully saturated rings. The second-order valence-electron chi connectivity index (χ2n) is 5.75. The summed E-state index contributed by atoms with van der Waals surface area (Å²) < 4.78 is 5.77. The van der Waals surface area contributed by atoms with Crippen molar-refractivity contribution in [1.29, 1.82) is 0 Å². The molecule has 0 amide bonds. The van der Waals surface area contributed by atoms with Crippen molar-refractivity contribution in [1.82, 2.24) is 10.6 Å². The monoisotopic (exact) mass is 420 g/mol. The van der Waals surface area contributed by atoms with Crippen LogP contribution in [-0.4, -0.2) is 30.8 Å². The molecule has 7 heteroatoms. The van der Waals surface area contributed by atoms with Crippen molar-refractivity contribution in [2.75, 3.05) is 19.6 Å². The van der Waals surface area contributed by atoms with Crippen molar-refractivity contribution < 1.29 is 9.84 Å². The van der Waals surface area contributed by atoms with Crippen LogP contribution < -0.4 is 15.4 Å². The Kier molecular flexibility index (Phi) is 13.6. The molecule has 0 saturated heterocycles. The number of benzene rings is 2. The molecule has 0 aliphatic heterocycles. The lowest BCUT2D eigenvalue weighted by Crippen LogP contribution is -2.31. The number of hydrogen-bond donors (Lipinski definition) is 3. The molecule has 26 heavy (non-hydrogen) atoms. The van der Waals surface area contributed by atoms with E-state index in [1.54, 1.807) is 6.92 Å². The maximum Gasteiger partial charge on any atom is 0.119 e. The van der Waals surface area contributed by atoms with Crippen molar-refractivity contribution in [3.63, 3.8) is 0 Å². The van der Waals surface area contributed by atoms with E-state index in [9.17, 15) is 0 Å². The van der Waals surface area contributed by atoms with Gasteiger partial charge in [0.2, 0.25) is 0 Å². The molecule has 146 valence electrons. The van der Waals surface area contributed by atoms with E-state index in [0.29, 0.717) is 13.2 Å². The van der Waals surface area contributed by atoms with E-state index in [-0.39, 0.29) is 30.9 Å². The minimum absolute atomic E-state index is 0. The SMILES string of the molecule is CC(O)CNCCNCc1ccc(OCc2ccccc2Cl)cc1.Cl.Cl. The first-order chi connectivity index (χ1) is 11.6. The summed E-state index contributed by atoms with van der Waals surface area (Å²) in [6, 6.07) is 15.7. The smallest absolute Gasteiger partial charge is 0.119 e. The summed E-state index contributed by atoms with van der Waals surface area (Å²) in [5.74, 6) is 0.831. The quantitative estimate of drug-likeness (QED) is 0.510. The van der Waals surface area contributed by atoms with Gasteiger partial charge in [-0.15, -0.1) is 24.8 Å². The van der Waals surface area contributed by atoms with E-state index in [2.05, 4.69) is 22.8 Å². The highest BCUT2D eigenvalue weighted by molar-refractivity contribution is 6.31. The molecular formula is C19H27Cl3N2O2. The summed E-state index contributed by atoms with van der Waals surface area (Å²) in [4.78, 5) is 0. The van der Waals surface area contributed by atoms with Crippen LogP contribution >= 0.6 is 36.4 Å². The average Bonchev–Trinajstić information content (AvgIpc) is 2.58. The van der Waals surface area contributed by atoms with Crippen molar-refractivity contribution in [2.45, 2.75) is 26.2 Å². The summed E-state index contributed by atoms with van der Waals surface area (Å²) >= 11 is 6.12. The molecule has 0 saturated carbocycles. The molecule has 0 aliphatic rings. The van der Waals surface area contributed by atoms with Gasteiger partial charge in [0.05, 0.1) is 6.10 Å². The molecule has 2 aromatic carbocycles. The molecule has 1 unspecified atom stereocenters. The predicted molar refractivity (Wildman–Crippen MR) is 113 cm³/mol. The largest absolute Gasteiger partial charge is 0.489 e. The fourth-order valence-corrected chi connectivity index (χ4v) is 2.39. The second kappa shape index (κ2) is 14.1. The van der Waals surface area contributed by atoms with Crippen LogP contribution in [0.3, 0.4) is 0 Å². The fourth-order valence-electron chi connectivity index (χ4n) is 2.20. The van der Waals surface area contributed by atoms with Gasteiger partial charge in [0.1, 0.15) is 12.4 Å². The minimum Gasteiger partial charge on any atom is -0.489 e. The minimum atomic E-state index is -0.302. The number of aliphatic hydroxyl groups is 1. The first kappa shape index (κ1) is 25.0. The van der Waals surface area contributed by atoms with E-state index < -0.39 is 0 Å². The molecule has 2 aromatic rings. The molecule has 0 radical (unpaired) electrons.